The number of amides is 2. The predicted octanol–water partition coefficient (Wildman–Crippen LogP) is 3.62. The predicted molar refractivity (Wildman–Crippen MR) is 103 cm³/mol. The van der Waals surface area contributed by atoms with E-state index in [-0.39, 0.29) is 23.1 Å². The zero-order chi connectivity index (χ0) is 18.1. The molecule has 0 bridgehead atoms. The number of carbonyl (C=O) groups is 2. The third kappa shape index (κ3) is 3.16. The van der Waals surface area contributed by atoms with E-state index in [2.05, 4.69) is 12.1 Å². The van der Waals surface area contributed by atoms with Gasteiger partial charge < -0.3 is 9.80 Å². The van der Waals surface area contributed by atoms with Crippen LogP contribution in [0.1, 0.15) is 40.4 Å². The monoisotopic (exact) mass is 368 g/mol. The zero-order valence-corrected chi connectivity index (χ0v) is 15.9. The standard InChI is InChI=1S/C21H24N2O2S/c1-22-15-21(14-17(19(22)24)16-6-3-2-4-7-16)9-11-23(12-10-21)20(25)18-8-5-13-26-18/h2-8,13,17H,9-12,14-15H2,1H3/t17-/m1/s1. The van der Waals surface area contributed by atoms with Gasteiger partial charge in [-0.15, -0.1) is 11.3 Å². The van der Waals surface area contributed by atoms with Crippen LogP contribution in [0.4, 0.5) is 0 Å². The van der Waals surface area contributed by atoms with Crippen LogP contribution in [0.25, 0.3) is 0 Å². The molecule has 1 aromatic heterocycles. The van der Waals surface area contributed by atoms with Gasteiger partial charge in [0.15, 0.2) is 0 Å². The fraction of sp³-hybridized carbons (Fsp3) is 0.429. The maximum atomic E-state index is 12.7. The highest BCUT2D eigenvalue weighted by Gasteiger charge is 2.45. The van der Waals surface area contributed by atoms with E-state index in [4.69, 9.17) is 0 Å². The normalized spacial score (nSPS) is 22.7. The third-order valence-corrected chi connectivity index (χ3v) is 6.79. The second-order valence-electron chi connectivity index (χ2n) is 7.63. The van der Waals surface area contributed by atoms with Gasteiger partial charge in [-0.1, -0.05) is 36.4 Å². The highest BCUT2D eigenvalue weighted by atomic mass is 32.1. The van der Waals surface area contributed by atoms with Crippen LogP contribution >= 0.6 is 11.3 Å². The Hall–Kier alpha value is -2.14. The molecule has 26 heavy (non-hydrogen) atoms. The summed E-state index contributed by atoms with van der Waals surface area (Å²) in [5.74, 6) is 0.308. The summed E-state index contributed by atoms with van der Waals surface area (Å²) in [6.07, 6.45) is 2.82. The molecular formula is C21H24N2O2S. The average molecular weight is 369 g/mol. The van der Waals surface area contributed by atoms with Crippen molar-refractivity contribution < 1.29 is 9.59 Å². The summed E-state index contributed by atoms with van der Waals surface area (Å²) < 4.78 is 0. The molecule has 2 saturated heterocycles. The number of likely N-dealkylation sites (N-methyl/N-ethyl adjacent to an activating group) is 1. The van der Waals surface area contributed by atoms with Crippen LogP contribution in [0.15, 0.2) is 47.8 Å². The minimum atomic E-state index is -0.0607. The molecule has 0 N–H and O–H groups in total. The lowest BCUT2D eigenvalue weighted by Crippen LogP contribution is -2.53. The Morgan fingerprint density at radius 1 is 1.12 bits per heavy atom. The maximum absolute atomic E-state index is 12.7. The van der Waals surface area contributed by atoms with Crippen LogP contribution < -0.4 is 0 Å². The Labute approximate surface area is 158 Å². The summed E-state index contributed by atoms with van der Waals surface area (Å²) in [4.78, 5) is 30.0. The van der Waals surface area contributed by atoms with Gasteiger partial charge in [0.05, 0.1) is 10.8 Å². The van der Waals surface area contributed by atoms with Gasteiger partial charge in [0.2, 0.25) is 5.91 Å². The number of thiophene rings is 1. The number of benzene rings is 1. The summed E-state index contributed by atoms with van der Waals surface area (Å²) >= 11 is 1.51. The average Bonchev–Trinajstić information content (AvgIpc) is 3.20. The molecule has 0 unspecified atom stereocenters. The molecule has 2 aliphatic rings. The summed E-state index contributed by atoms with van der Waals surface area (Å²) in [5, 5.41) is 1.95. The topological polar surface area (TPSA) is 40.6 Å². The van der Waals surface area contributed by atoms with Crippen molar-refractivity contribution in [2.75, 3.05) is 26.7 Å². The number of carbonyl (C=O) groups excluding carboxylic acids is 2. The van der Waals surface area contributed by atoms with Crippen LogP contribution in [0, 0.1) is 5.41 Å². The summed E-state index contributed by atoms with van der Waals surface area (Å²) in [6, 6.07) is 13.9. The van der Waals surface area contributed by atoms with Crippen molar-refractivity contribution >= 4 is 23.2 Å². The first-order valence-electron chi connectivity index (χ1n) is 9.21. The van der Waals surface area contributed by atoms with Gasteiger partial charge in [-0.2, -0.15) is 0 Å². The molecule has 3 heterocycles. The first-order chi connectivity index (χ1) is 12.6. The molecular weight excluding hydrogens is 344 g/mol. The molecule has 1 spiro atoms. The number of piperidine rings is 2. The number of hydrogen-bond donors (Lipinski definition) is 0. The molecule has 2 amide bonds. The first-order valence-corrected chi connectivity index (χ1v) is 10.1. The molecule has 2 aromatic rings. The van der Waals surface area contributed by atoms with E-state index in [1.165, 1.54) is 11.3 Å². The summed E-state index contributed by atoms with van der Waals surface area (Å²) in [7, 11) is 1.92. The van der Waals surface area contributed by atoms with E-state index in [9.17, 15) is 9.59 Å². The number of rotatable bonds is 2. The van der Waals surface area contributed by atoms with Gasteiger partial charge in [-0.3, -0.25) is 9.59 Å². The van der Waals surface area contributed by atoms with Crippen molar-refractivity contribution in [2.24, 2.45) is 5.41 Å². The summed E-state index contributed by atoms with van der Waals surface area (Å²) in [5.41, 5.74) is 1.23. The van der Waals surface area contributed by atoms with E-state index in [1.807, 2.05) is 52.6 Å². The van der Waals surface area contributed by atoms with Crippen LogP contribution in [-0.2, 0) is 4.79 Å². The minimum absolute atomic E-state index is 0.0607. The van der Waals surface area contributed by atoms with Gasteiger partial charge in [-0.05, 0) is 41.7 Å². The quantitative estimate of drug-likeness (QED) is 0.812. The Bertz CT molecular complexity index is 780. The van der Waals surface area contributed by atoms with Crippen molar-refractivity contribution in [2.45, 2.75) is 25.2 Å². The lowest BCUT2D eigenvalue weighted by atomic mass is 9.67. The van der Waals surface area contributed by atoms with E-state index in [1.54, 1.807) is 0 Å². The number of likely N-dealkylation sites (tertiary alicyclic amines) is 2. The highest BCUT2D eigenvalue weighted by molar-refractivity contribution is 7.12. The number of hydrogen-bond acceptors (Lipinski definition) is 3. The lowest BCUT2D eigenvalue weighted by molar-refractivity contribution is -0.139. The van der Waals surface area contributed by atoms with Crippen molar-refractivity contribution in [3.8, 4) is 0 Å². The van der Waals surface area contributed by atoms with Gasteiger partial charge in [0.25, 0.3) is 5.91 Å². The van der Waals surface area contributed by atoms with Gasteiger partial charge in [0, 0.05) is 26.7 Å². The van der Waals surface area contributed by atoms with E-state index >= 15 is 0 Å². The Morgan fingerprint density at radius 3 is 2.50 bits per heavy atom. The zero-order valence-electron chi connectivity index (χ0n) is 15.1. The Morgan fingerprint density at radius 2 is 1.85 bits per heavy atom. The number of nitrogens with zero attached hydrogens (tertiary/aromatic N) is 2. The second kappa shape index (κ2) is 6.88. The first kappa shape index (κ1) is 17.3. The maximum Gasteiger partial charge on any atom is 0.263 e. The van der Waals surface area contributed by atoms with Gasteiger partial charge in [0.1, 0.15) is 0 Å². The van der Waals surface area contributed by atoms with E-state index in [0.29, 0.717) is 0 Å². The largest absolute Gasteiger partial charge is 0.345 e. The van der Waals surface area contributed by atoms with Crippen molar-refractivity contribution in [3.05, 3.63) is 58.3 Å². The highest BCUT2D eigenvalue weighted by Crippen LogP contribution is 2.45. The van der Waals surface area contributed by atoms with Crippen molar-refractivity contribution in [1.82, 2.24) is 9.80 Å². The molecule has 0 radical (unpaired) electrons. The minimum Gasteiger partial charge on any atom is -0.345 e. The van der Waals surface area contributed by atoms with Crippen molar-refractivity contribution in [3.63, 3.8) is 0 Å². The second-order valence-corrected chi connectivity index (χ2v) is 8.58. The third-order valence-electron chi connectivity index (χ3n) is 5.93. The van der Waals surface area contributed by atoms with E-state index < -0.39 is 0 Å². The molecule has 2 aliphatic heterocycles. The molecule has 1 atom stereocenters. The van der Waals surface area contributed by atoms with Crippen LogP contribution in [-0.4, -0.2) is 48.3 Å². The Kier molecular flexibility index (Phi) is 4.57. The molecule has 2 fully saturated rings. The van der Waals surface area contributed by atoms with E-state index in [0.717, 1.165) is 49.3 Å². The molecule has 1 aromatic carbocycles. The van der Waals surface area contributed by atoms with Crippen LogP contribution in [0.3, 0.4) is 0 Å². The van der Waals surface area contributed by atoms with Gasteiger partial charge in [-0.25, -0.2) is 0 Å². The molecule has 0 aliphatic carbocycles. The lowest BCUT2D eigenvalue weighted by Gasteiger charge is -2.49. The van der Waals surface area contributed by atoms with Crippen LogP contribution in [0.2, 0.25) is 0 Å². The fourth-order valence-electron chi connectivity index (χ4n) is 4.48. The van der Waals surface area contributed by atoms with Crippen molar-refractivity contribution in [1.29, 1.82) is 0 Å². The molecule has 4 rings (SSSR count). The molecule has 4 nitrogen and oxygen atoms in total. The van der Waals surface area contributed by atoms with Gasteiger partial charge >= 0.3 is 0 Å². The summed E-state index contributed by atoms with van der Waals surface area (Å²) in [6.45, 7) is 2.36. The Balaban J connectivity index is 1.49. The molecule has 0 saturated carbocycles. The smallest absolute Gasteiger partial charge is 0.263 e. The fourth-order valence-corrected chi connectivity index (χ4v) is 5.17. The van der Waals surface area contributed by atoms with Crippen LogP contribution in [0.5, 0.6) is 0 Å². The molecule has 5 heteroatoms. The molecule has 136 valence electrons. The SMILES string of the molecule is CN1CC2(CCN(C(=O)c3cccs3)CC2)C[C@H](c2ccccc2)C1=O.